The van der Waals surface area contributed by atoms with Gasteiger partial charge in [-0.25, -0.2) is 0 Å². The fourth-order valence-electron chi connectivity index (χ4n) is 3.90. The minimum atomic E-state index is -1.63. The van der Waals surface area contributed by atoms with Crippen LogP contribution in [0.4, 0.5) is 0 Å². The van der Waals surface area contributed by atoms with E-state index in [1.165, 1.54) is 12.1 Å². The smallest absolute Gasteiger partial charge is 0.305 e. The van der Waals surface area contributed by atoms with Crippen molar-refractivity contribution >= 4 is 35.7 Å². The third-order valence-electron chi connectivity index (χ3n) is 5.08. The van der Waals surface area contributed by atoms with E-state index in [9.17, 15) is 28.8 Å². The summed E-state index contributed by atoms with van der Waals surface area (Å²) in [6.07, 6.45) is -5.81. The lowest BCUT2D eigenvalue weighted by atomic mass is 9.94. The van der Waals surface area contributed by atoms with Gasteiger partial charge in [0.25, 0.3) is 11.8 Å². The highest BCUT2D eigenvalue weighted by atomic mass is 16.7. The number of carbonyl (C=O) groups excluding carboxylic acids is 6. The van der Waals surface area contributed by atoms with Crippen molar-refractivity contribution < 1.29 is 52.5 Å². The lowest BCUT2D eigenvalue weighted by molar-refractivity contribution is -0.278. The molecule has 1 saturated heterocycles. The highest BCUT2D eigenvalue weighted by Gasteiger charge is 2.58. The molecular weight excluding hydrogens is 454 g/mol. The van der Waals surface area contributed by atoms with Crippen LogP contribution in [-0.4, -0.2) is 77.8 Å². The molecule has 0 N–H and O–H groups in total. The van der Waals surface area contributed by atoms with E-state index in [0.717, 1.165) is 32.6 Å². The molecule has 2 amide bonds. The van der Waals surface area contributed by atoms with Crippen molar-refractivity contribution in [3.8, 4) is 0 Å². The van der Waals surface area contributed by atoms with Crippen molar-refractivity contribution in [3.05, 3.63) is 35.4 Å². The van der Waals surface area contributed by atoms with Gasteiger partial charge in [-0.2, -0.15) is 0 Å². The summed E-state index contributed by atoms with van der Waals surface area (Å²) >= 11 is 0. The zero-order chi connectivity index (χ0) is 25.2. The Bertz CT molecular complexity index is 1000. The third-order valence-corrected chi connectivity index (χ3v) is 5.08. The molecule has 1 aromatic carbocycles. The first-order valence-electron chi connectivity index (χ1n) is 10.3. The lowest BCUT2D eigenvalue weighted by Gasteiger charge is -2.46. The lowest BCUT2D eigenvalue weighted by Crippen LogP contribution is -2.67. The number of fused-ring (bicyclic) bond motifs is 1. The number of hydrogen-bond donors (Lipinski definition) is 0. The first-order valence-corrected chi connectivity index (χ1v) is 10.3. The average Bonchev–Trinajstić information content (AvgIpc) is 2.98. The van der Waals surface area contributed by atoms with Gasteiger partial charge in [-0.3, -0.25) is 33.7 Å². The first kappa shape index (κ1) is 24.8. The van der Waals surface area contributed by atoms with Gasteiger partial charge in [-0.1, -0.05) is 12.1 Å². The average molecular weight is 477 g/mol. The Morgan fingerprint density at radius 1 is 0.794 bits per heavy atom. The van der Waals surface area contributed by atoms with Gasteiger partial charge in [0.1, 0.15) is 18.8 Å². The minimum absolute atomic E-state index is 0.0849. The van der Waals surface area contributed by atoms with Crippen molar-refractivity contribution in [3.63, 3.8) is 0 Å². The van der Waals surface area contributed by atoms with Crippen LogP contribution in [0, 0.1) is 0 Å². The summed E-state index contributed by atoms with van der Waals surface area (Å²) in [5.41, 5.74) is 0.170. The number of hydrogen-bond acceptors (Lipinski definition) is 11. The molecule has 1 fully saturated rings. The molecule has 0 aliphatic carbocycles. The van der Waals surface area contributed by atoms with E-state index in [2.05, 4.69) is 0 Å². The second-order valence-electron chi connectivity index (χ2n) is 7.62. The van der Waals surface area contributed by atoms with E-state index >= 15 is 0 Å². The Morgan fingerprint density at radius 3 is 1.76 bits per heavy atom. The molecule has 0 unspecified atom stereocenters. The second-order valence-corrected chi connectivity index (χ2v) is 7.62. The summed E-state index contributed by atoms with van der Waals surface area (Å²) in [6.45, 7) is 3.91. The van der Waals surface area contributed by atoms with Crippen LogP contribution in [0.5, 0.6) is 0 Å². The van der Waals surface area contributed by atoms with E-state index in [1.807, 2.05) is 0 Å². The van der Waals surface area contributed by atoms with Crippen LogP contribution >= 0.6 is 0 Å². The first-order chi connectivity index (χ1) is 16.0. The van der Waals surface area contributed by atoms with Crippen LogP contribution in [0.3, 0.4) is 0 Å². The number of rotatable bonds is 6. The molecule has 0 radical (unpaired) electrons. The Kier molecular flexibility index (Phi) is 7.30. The summed E-state index contributed by atoms with van der Waals surface area (Å²) in [6, 6.07) is 4.49. The van der Waals surface area contributed by atoms with Gasteiger partial charge in [-0.05, 0) is 12.1 Å². The monoisotopic (exact) mass is 477 g/mol. The van der Waals surface area contributed by atoms with Gasteiger partial charge in [0.2, 0.25) is 6.29 Å². The fraction of sp³-hybridized carbons (Fsp3) is 0.455. The molecule has 3 rings (SSSR count). The molecule has 2 aliphatic heterocycles. The number of imide groups is 1. The normalized spacial score (nSPS) is 25.9. The molecule has 5 atom stereocenters. The molecule has 34 heavy (non-hydrogen) atoms. The van der Waals surface area contributed by atoms with Crippen molar-refractivity contribution in [2.75, 3.05) is 6.61 Å². The number of nitrogens with zero attached hydrogens (tertiary/aromatic N) is 1. The van der Waals surface area contributed by atoms with Gasteiger partial charge in [0.15, 0.2) is 12.2 Å². The second kappa shape index (κ2) is 10.00. The molecule has 182 valence electrons. The maximum atomic E-state index is 13.2. The highest BCUT2D eigenvalue weighted by Crippen LogP contribution is 2.35. The Morgan fingerprint density at radius 2 is 1.29 bits per heavy atom. The van der Waals surface area contributed by atoms with Crippen LogP contribution in [0.25, 0.3) is 0 Å². The SMILES string of the molecule is CC(=O)OC[C@H]1O[C@@H](OC(C)=O)[C@H](N2C(=O)c3ccccc3C2=O)[C@@H](OC(C)=O)[C@@H]1OC(C)=O. The van der Waals surface area contributed by atoms with E-state index in [1.54, 1.807) is 12.1 Å². The predicted molar refractivity (Wildman–Crippen MR) is 109 cm³/mol. The van der Waals surface area contributed by atoms with Crippen molar-refractivity contribution in [2.24, 2.45) is 0 Å². The molecule has 12 nitrogen and oxygen atoms in total. The molecule has 2 aliphatic rings. The minimum Gasteiger partial charge on any atom is -0.463 e. The summed E-state index contributed by atoms with van der Waals surface area (Å²) in [7, 11) is 0. The topological polar surface area (TPSA) is 152 Å². The van der Waals surface area contributed by atoms with Crippen LogP contribution in [0.2, 0.25) is 0 Å². The van der Waals surface area contributed by atoms with Crippen molar-refractivity contribution in [2.45, 2.75) is 58.3 Å². The van der Waals surface area contributed by atoms with E-state index < -0.39 is 72.9 Å². The Labute approximate surface area is 194 Å². The fourth-order valence-corrected chi connectivity index (χ4v) is 3.90. The predicted octanol–water partition coefficient (Wildman–Crippen LogP) is 0.366. The summed E-state index contributed by atoms with van der Waals surface area (Å²) in [4.78, 5) is 74.2. The van der Waals surface area contributed by atoms with E-state index in [4.69, 9.17) is 23.7 Å². The van der Waals surface area contributed by atoms with Gasteiger partial charge in [0.05, 0.1) is 11.1 Å². The summed E-state index contributed by atoms with van der Waals surface area (Å²) < 4.78 is 26.7. The Hall–Kier alpha value is -3.80. The number of carbonyl (C=O) groups is 6. The number of amides is 2. The maximum absolute atomic E-state index is 13.2. The molecule has 2 heterocycles. The van der Waals surface area contributed by atoms with E-state index in [-0.39, 0.29) is 11.1 Å². The maximum Gasteiger partial charge on any atom is 0.305 e. The molecule has 12 heteroatoms. The van der Waals surface area contributed by atoms with Crippen LogP contribution in [0.1, 0.15) is 48.4 Å². The zero-order valence-corrected chi connectivity index (χ0v) is 18.8. The summed E-state index contributed by atoms with van der Waals surface area (Å²) in [5.74, 6) is -4.64. The highest BCUT2D eigenvalue weighted by molar-refractivity contribution is 6.21. The number of ether oxygens (including phenoxy) is 5. The summed E-state index contributed by atoms with van der Waals surface area (Å²) in [5, 5.41) is 0. The molecule has 0 aromatic heterocycles. The number of esters is 4. The zero-order valence-electron chi connectivity index (χ0n) is 18.8. The molecule has 0 spiro atoms. The standard InChI is InChI=1S/C22H23NO11/c1-10(24)30-9-16-18(31-11(2)25)19(32-12(3)26)17(22(34-16)33-13(4)27)23-20(28)14-7-5-6-8-15(14)21(23)29/h5-8,16-19,22H,9H2,1-4H3/t16-,17-,18-,19-,22-/m1/s1. The molecule has 1 aromatic rings. The van der Waals surface area contributed by atoms with Crippen LogP contribution < -0.4 is 0 Å². The number of benzene rings is 1. The van der Waals surface area contributed by atoms with Crippen molar-refractivity contribution in [1.29, 1.82) is 0 Å². The van der Waals surface area contributed by atoms with Crippen LogP contribution in [-0.2, 0) is 42.9 Å². The van der Waals surface area contributed by atoms with E-state index in [0.29, 0.717) is 0 Å². The largest absolute Gasteiger partial charge is 0.463 e. The van der Waals surface area contributed by atoms with Gasteiger partial charge >= 0.3 is 23.9 Å². The molecule has 0 saturated carbocycles. The third kappa shape index (κ3) is 5.06. The van der Waals surface area contributed by atoms with Gasteiger partial charge in [0, 0.05) is 27.7 Å². The Balaban J connectivity index is 2.11. The molecule has 0 bridgehead atoms. The van der Waals surface area contributed by atoms with Gasteiger partial charge < -0.3 is 23.7 Å². The van der Waals surface area contributed by atoms with Gasteiger partial charge in [-0.15, -0.1) is 0 Å². The van der Waals surface area contributed by atoms with Crippen LogP contribution in [0.15, 0.2) is 24.3 Å². The van der Waals surface area contributed by atoms with Crippen molar-refractivity contribution in [1.82, 2.24) is 4.90 Å². The molecular formula is C22H23NO11. The quantitative estimate of drug-likeness (QED) is 0.317.